The summed E-state index contributed by atoms with van der Waals surface area (Å²) >= 11 is 0. The zero-order valence-electron chi connectivity index (χ0n) is 10.1. The average molecular weight is 235 g/mol. The lowest BCUT2D eigenvalue weighted by molar-refractivity contribution is 0.314. The molecule has 2 N–H and O–H groups in total. The fourth-order valence-electron chi connectivity index (χ4n) is 1.54. The molecule has 0 radical (unpaired) electrons. The average Bonchev–Trinajstić information content (AvgIpc) is 2.65. The summed E-state index contributed by atoms with van der Waals surface area (Å²) in [5, 5.41) is 4.21. The molecule has 6 nitrogen and oxygen atoms in total. The molecule has 0 aromatic carbocycles. The lowest BCUT2D eigenvalue weighted by atomic mass is 9.90. The Labute approximate surface area is 99.1 Å². The molecular weight excluding hydrogens is 218 g/mol. The fraction of sp³-hybridized carbons (Fsp3) is 0.545. The van der Waals surface area contributed by atoms with Gasteiger partial charge in [-0.3, -0.25) is 4.98 Å². The van der Waals surface area contributed by atoms with Crippen LogP contribution in [0.2, 0.25) is 0 Å². The molecule has 0 atom stereocenters. The van der Waals surface area contributed by atoms with Crippen LogP contribution in [-0.2, 0) is 6.54 Å². The summed E-state index contributed by atoms with van der Waals surface area (Å²) in [6.07, 6.45) is 5.59. The third kappa shape index (κ3) is 2.36. The van der Waals surface area contributed by atoms with Crippen LogP contribution in [0.1, 0.15) is 20.3 Å². The predicted octanol–water partition coefficient (Wildman–Crippen LogP) is 0.266. The van der Waals surface area contributed by atoms with E-state index in [4.69, 9.17) is 5.73 Å². The van der Waals surface area contributed by atoms with E-state index in [1.807, 2.05) is 0 Å². The van der Waals surface area contributed by atoms with Crippen molar-refractivity contribution in [3.8, 4) is 0 Å². The van der Waals surface area contributed by atoms with Crippen molar-refractivity contribution in [1.82, 2.24) is 19.2 Å². The van der Waals surface area contributed by atoms with E-state index < -0.39 is 0 Å². The summed E-state index contributed by atoms with van der Waals surface area (Å²) in [4.78, 5) is 15.9. The Morgan fingerprint density at radius 3 is 2.88 bits per heavy atom. The summed E-state index contributed by atoms with van der Waals surface area (Å²) in [5.74, 6) is 0. The van der Waals surface area contributed by atoms with Gasteiger partial charge in [-0.1, -0.05) is 13.8 Å². The summed E-state index contributed by atoms with van der Waals surface area (Å²) in [6, 6.07) is 0. The van der Waals surface area contributed by atoms with Crippen molar-refractivity contribution in [2.24, 2.45) is 11.1 Å². The van der Waals surface area contributed by atoms with Gasteiger partial charge in [0.15, 0.2) is 5.65 Å². The van der Waals surface area contributed by atoms with Gasteiger partial charge in [0.1, 0.15) is 0 Å². The Morgan fingerprint density at radius 1 is 1.47 bits per heavy atom. The first kappa shape index (κ1) is 11.8. The van der Waals surface area contributed by atoms with Crippen LogP contribution in [0, 0.1) is 5.41 Å². The predicted molar refractivity (Wildman–Crippen MR) is 64.7 cm³/mol. The van der Waals surface area contributed by atoms with Gasteiger partial charge in [0.25, 0.3) is 0 Å². The summed E-state index contributed by atoms with van der Waals surface area (Å²) in [6.45, 7) is 5.33. The minimum absolute atomic E-state index is 0.0213. The van der Waals surface area contributed by atoms with Gasteiger partial charge in [-0.15, -0.1) is 5.10 Å². The maximum atomic E-state index is 11.9. The third-order valence-electron chi connectivity index (χ3n) is 2.94. The van der Waals surface area contributed by atoms with Crippen molar-refractivity contribution in [3.05, 3.63) is 29.1 Å². The zero-order valence-corrected chi connectivity index (χ0v) is 10.1. The van der Waals surface area contributed by atoms with Gasteiger partial charge in [0.2, 0.25) is 0 Å². The molecule has 0 saturated heterocycles. The first-order valence-corrected chi connectivity index (χ1v) is 5.63. The van der Waals surface area contributed by atoms with Gasteiger partial charge in [-0.05, 0) is 18.4 Å². The minimum Gasteiger partial charge on any atom is -0.330 e. The van der Waals surface area contributed by atoms with Crippen molar-refractivity contribution in [2.45, 2.75) is 26.8 Å². The van der Waals surface area contributed by atoms with Crippen LogP contribution in [0.25, 0.3) is 5.65 Å². The zero-order chi connectivity index (χ0) is 12.5. The molecule has 0 amide bonds. The molecule has 92 valence electrons. The lowest BCUT2D eigenvalue weighted by Gasteiger charge is -2.21. The molecule has 6 heteroatoms. The van der Waals surface area contributed by atoms with Gasteiger partial charge in [0, 0.05) is 18.9 Å². The van der Waals surface area contributed by atoms with Gasteiger partial charge in [-0.25, -0.2) is 13.9 Å². The lowest BCUT2D eigenvalue weighted by Crippen LogP contribution is -2.28. The molecule has 0 aliphatic carbocycles. The van der Waals surface area contributed by atoms with Gasteiger partial charge in [0.05, 0.1) is 6.20 Å². The van der Waals surface area contributed by atoms with Crippen LogP contribution in [0.15, 0.2) is 23.4 Å². The first-order valence-electron chi connectivity index (χ1n) is 5.63. The Morgan fingerprint density at radius 2 is 2.24 bits per heavy atom. The van der Waals surface area contributed by atoms with E-state index in [2.05, 4.69) is 23.9 Å². The maximum absolute atomic E-state index is 11.9. The molecule has 0 bridgehead atoms. The Balaban J connectivity index is 2.25. The molecule has 0 fully saturated rings. The molecule has 0 spiro atoms. The quantitative estimate of drug-likeness (QED) is 0.824. The molecule has 0 aliphatic heterocycles. The van der Waals surface area contributed by atoms with Gasteiger partial charge in [-0.2, -0.15) is 0 Å². The number of rotatable bonds is 4. The number of hydrogen-bond acceptors (Lipinski definition) is 4. The molecule has 2 aromatic rings. The largest absolute Gasteiger partial charge is 0.350 e. The van der Waals surface area contributed by atoms with Crippen molar-refractivity contribution in [1.29, 1.82) is 0 Å². The highest BCUT2D eigenvalue weighted by Gasteiger charge is 2.16. The highest BCUT2D eigenvalue weighted by molar-refractivity contribution is 5.31. The molecule has 0 saturated carbocycles. The van der Waals surface area contributed by atoms with Crippen LogP contribution in [0.5, 0.6) is 0 Å². The van der Waals surface area contributed by atoms with Crippen LogP contribution >= 0.6 is 0 Å². The summed E-state index contributed by atoms with van der Waals surface area (Å²) in [7, 11) is 0. The summed E-state index contributed by atoms with van der Waals surface area (Å²) < 4.78 is 2.96. The van der Waals surface area contributed by atoms with Crippen molar-refractivity contribution in [2.75, 3.05) is 6.54 Å². The number of nitrogens with zero attached hydrogens (tertiary/aromatic N) is 4. The van der Waals surface area contributed by atoms with E-state index in [0.29, 0.717) is 18.7 Å². The monoisotopic (exact) mass is 235 g/mol. The number of aromatic nitrogens is 4. The third-order valence-corrected chi connectivity index (χ3v) is 2.94. The first-order chi connectivity index (χ1) is 8.03. The number of nitrogens with two attached hydrogens (primary N) is 1. The minimum atomic E-state index is -0.129. The topological polar surface area (TPSA) is 78.2 Å². The van der Waals surface area contributed by atoms with E-state index in [9.17, 15) is 4.79 Å². The fourth-order valence-corrected chi connectivity index (χ4v) is 1.54. The molecule has 17 heavy (non-hydrogen) atoms. The second-order valence-electron chi connectivity index (χ2n) is 4.93. The number of aryl methyl sites for hydroxylation is 1. The van der Waals surface area contributed by atoms with Gasteiger partial charge >= 0.3 is 5.69 Å². The molecular formula is C11H17N5O. The van der Waals surface area contributed by atoms with Crippen LogP contribution in [0.3, 0.4) is 0 Å². The summed E-state index contributed by atoms with van der Waals surface area (Å²) in [5.41, 5.74) is 6.12. The highest BCUT2D eigenvalue weighted by atomic mass is 16.2. The smallest absolute Gasteiger partial charge is 0.330 e. The van der Waals surface area contributed by atoms with E-state index in [1.165, 1.54) is 9.08 Å². The molecule has 0 unspecified atom stereocenters. The van der Waals surface area contributed by atoms with Crippen molar-refractivity contribution in [3.63, 3.8) is 0 Å². The Hall–Kier alpha value is -1.69. The molecule has 2 heterocycles. The van der Waals surface area contributed by atoms with Crippen LogP contribution in [0.4, 0.5) is 0 Å². The maximum Gasteiger partial charge on any atom is 0.350 e. The standard InChI is InChI=1S/C11H17N5O/c1-11(2,8-12)3-5-16-10(17)15-6-4-13-7-9(15)14-16/h4,6-7H,3,5,8,12H2,1-2H3. The van der Waals surface area contributed by atoms with E-state index in [1.54, 1.807) is 18.6 Å². The number of hydrogen-bond donors (Lipinski definition) is 1. The molecule has 2 rings (SSSR count). The second-order valence-corrected chi connectivity index (χ2v) is 4.93. The van der Waals surface area contributed by atoms with E-state index in [0.717, 1.165) is 6.42 Å². The molecule has 2 aromatic heterocycles. The van der Waals surface area contributed by atoms with E-state index in [-0.39, 0.29) is 11.1 Å². The van der Waals surface area contributed by atoms with Crippen LogP contribution < -0.4 is 11.4 Å². The van der Waals surface area contributed by atoms with E-state index >= 15 is 0 Å². The normalized spacial score (nSPS) is 12.2. The Bertz CT molecular complexity index is 568. The van der Waals surface area contributed by atoms with Crippen LogP contribution in [-0.4, -0.2) is 25.7 Å². The SMILES string of the molecule is CC(C)(CN)CCn1nc2cnccn2c1=O. The van der Waals surface area contributed by atoms with Crippen molar-refractivity contribution < 1.29 is 0 Å². The number of fused-ring (bicyclic) bond motifs is 1. The molecule has 0 aliphatic rings. The van der Waals surface area contributed by atoms with Gasteiger partial charge < -0.3 is 5.73 Å². The second kappa shape index (κ2) is 4.29. The highest BCUT2D eigenvalue weighted by Crippen LogP contribution is 2.18. The Kier molecular flexibility index (Phi) is 2.97. The van der Waals surface area contributed by atoms with Crippen molar-refractivity contribution >= 4 is 5.65 Å².